The minimum Gasteiger partial charge on any atom is -0.476 e. The maximum atomic E-state index is 12.6. The average molecular weight is 386 g/mol. The molecule has 140 valence electrons. The van der Waals surface area contributed by atoms with Gasteiger partial charge in [0.15, 0.2) is 12.2 Å². The standard InChI is InChI=1S/C21H20ClNO4/c1-13-19(16-6-4-5-7-17(16)23-13)18(24)12-26-20(25)21(2,3)27-15-10-8-14(22)9-11-15/h4-11,23H,12H2,1-3H3. The predicted molar refractivity (Wildman–Crippen MR) is 104 cm³/mol. The number of aryl methyl sites for hydroxylation is 1. The number of benzene rings is 2. The van der Waals surface area contributed by atoms with E-state index in [9.17, 15) is 9.59 Å². The molecule has 3 aromatic rings. The van der Waals surface area contributed by atoms with E-state index in [1.54, 1.807) is 38.1 Å². The largest absolute Gasteiger partial charge is 0.476 e. The van der Waals surface area contributed by atoms with E-state index in [0.717, 1.165) is 16.6 Å². The molecule has 6 heteroatoms. The van der Waals surface area contributed by atoms with Crippen molar-refractivity contribution in [2.75, 3.05) is 6.61 Å². The predicted octanol–water partition coefficient (Wildman–Crippen LogP) is 4.71. The number of ketones is 1. The van der Waals surface area contributed by atoms with E-state index in [0.29, 0.717) is 16.3 Å². The summed E-state index contributed by atoms with van der Waals surface area (Å²) in [6.45, 7) is 4.65. The maximum absolute atomic E-state index is 12.6. The number of aromatic amines is 1. The molecule has 0 aliphatic carbocycles. The molecule has 5 nitrogen and oxygen atoms in total. The van der Waals surface area contributed by atoms with Gasteiger partial charge in [-0.3, -0.25) is 4.79 Å². The summed E-state index contributed by atoms with van der Waals surface area (Å²) in [6, 6.07) is 14.2. The van der Waals surface area contributed by atoms with Crippen molar-refractivity contribution in [3.05, 3.63) is 64.8 Å². The number of hydrogen-bond donors (Lipinski definition) is 1. The van der Waals surface area contributed by atoms with Gasteiger partial charge in [-0.15, -0.1) is 0 Å². The molecule has 1 N–H and O–H groups in total. The molecule has 3 rings (SSSR count). The fourth-order valence-corrected chi connectivity index (χ4v) is 2.98. The zero-order valence-electron chi connectivity index (χ0n) is 15.3. The molecule has 2 aromatic carbocycles. The van der Waals surface area contributed by atoms with Gasteiger partial charge in [-0.1, -0.05) is 29.8 Å². The third-order valence-electron chi connectivity index (χ3n) is 4.18. The Labute approximate surface area is 162 Å². The number of esters is 1. The molecule has 27 heavy (non-hydrogen) atoms. The highest BCUT2D eigenvalue weighted by Crippen LogP contribution is 2.24. The number of ether oxygens (including phenoxy) is 2. The van der Waals surface area contributed by atoms with Crippen LogP contribution in [0, 0.1) is 6.92 Å². The second-order valence-corrected chi connectivity index (χ2v) is 7.17. The molecule has 0 fully saturated rings. The zero-order valence-corrected chi connectivity index (χ0v) is 16.1. The summed E-state index contributed by atoms with van der Waals surface area (Å²) < 4.78 is 10.9. The van der Waals surface area contributed by atoms with Crippen molar-refractivity contribution in [3.8, 4) is 5.75 Å². The lowest BCUT2D eigenvalue weighted by atomic mass is 10.1. The van der Waals surface area contributed by atoms with Crippen LogP contribution in [0.1, 0.15) is 29.9 Å². The number of carbonyl (C=O) groups is 2. The second kappa shape index (κ2) is 7.45. The Morgan fingerprint density at radius 1 is 1.07 bits per heavy atom. The molecule has 0 spiro atoms. The van der Waals surface area contributed by atoms with Gasteiger partial charge in [0, 0.05) is 27.2 Å². The first-order valence-corrected chi connectivity index (χ1v) is 8.88. The van der Waals surface area contributed by atoms with Gasteiger partial charge in [-0.2, -0.15) is 0 Å². The monoisotopic (exact) mass is 385 g/mol. The third-order valence-corrected chi connectivity index (χ3v) is 4.44. The first-order valence-electron chi connectivity index (χ1n) is 8.50. The first kappa shape index (κ1) is 19.0. The average Bonchev–Trinajstić information content (AvgIpc) is 2.97. The van der Waals surface area contributed by atoms with Gasteiger partial charge in [0.25, 0.3) is 0 Å². The summed E-state index contributed by atoms with van der Waals surface area (Å²) in [5.41, 5.74) is 0.906. The molecule has 0 radical (unpaired) electrons. The number of Topliss-reactive ketones (excluding diaryl/α,β-unsaturated/α-hetero) is 1. The van der Waals surface area contributed by atoms with E-state index in [1.165, 1.54) is 0 Å². The molecule has 0 aliphatic heterocycles. The number of aromatic nitrogens is 1. The number of hydrogen-bond acceptors (Lipinski definition) is 4. The topological polar surface area (TPSA) is 68.4 Å². The van der Waals surface area contributed by atoms with Gasteiger partial charge in [-0.05, 0) is 51.1 Å². The summed E-state index contributed by atoms with van der Waals surface area (Å²) in [6.07, 6.45) is 0. The molecule has 0 aliphatic rings. The number of para-hydroxylation sites is 1. The van der Waals surface area contributed by atoms with Crippen molar-refractivity contribution < 1.29 is 19.1 Å². The minimum absolute atomic E-state index is 0.263. The minimum atomic E-state index is -1.25. The fourth-order valence-electron chi connectivity index (χ4n) is 2.85. The second-order valence-electron chi connectivity index (χ2n) is 6.74. The molecule has 0 saturated heterocycles. The van der Waals surface area contributed by atoms with Crippen LogP contribution >= 0.6 is 11.6 Å². The van der Waals surface area contributed by atoms with Gasteiger partial charge in [-0.25, -0.2) is 4.79 Å². The summed E-state index contributed by atoms with van der Waals surface area (Å²) in [4.78, 5) is 28.2. The van der Waals surface area contributed by atoms with Crippen molar-refractivity contribution in [1.82, 2.24) is 4.98 Å². The van der Waals surface area contributed by atoms with Gasteiger partial charge >= 0.3 is 5.97 Å². The lowest BCUT2D eigenvalue weighted by Gasteiger charge is -2.24. The van der Waals surface area contributed by atoms with Crippen LogP contribution in [0.5, 0.6) is 5.75 Å². The third kappa shape index (κ3) is 4.14. The Morgan fingerprint density at radius 3 is 2.44 bits per heavy atom. The van der Waals surface area contributed by atoms with Crippen molar-refractivity contribution >= 4 is 34.3 Å². The maximum Gasteiger partial charge on any atom is 0.350 e. The van der Waals surface area contributed by atoms with Crippen LogP contribution < -0.4 is 4.74 Å². The van der Waals surface area contributed by atoms with Crippen molar-refractivity contribution in [1.29, 1.82) is 0 Å². The van der Waals surface area contributed by atoms with E-state index in [-0.39, 0.29) is 12.4 Å². The number of nitrogens with one attached hydrogen (secondary N) is 1. The number of carbonyl (C=O) groups excluding carboxylic acids is 2. The molecule has 0 atom stereocenters. The van der Waals surface area contributed by atoms with Gasteiger partial charge in [0.05, 0.1) is 0 Å². The van der Waals surface area contributed by atoms with E-state index < -0.39 is 11.6 Å². The van der Waals surface area contributed by atoms with Crippen LogP contribution in [0.2, 0.25) is 5.02 Å². The summed E-state index contributed by atoms with van der Waals surface area (Å²) in [7, 11) is 0. The molecule has 1 heterocycles. The molecule has 0 amide bonds. The Morgan fingerprint density at radius 2 is 1.74 bits per heavy atom. The van der Waals surface area contributed by atoms with E-state index >= 15 is 0 Å². The highest BCUT2D eigenvalue weighted by Gasteiger charge is 2.32. The highest BCUT2D eigenvalue weighted by atomic mass is 35.5. The molecule has 0 saturated carbocycles. The van der Waals surface area contributed by atoms with E-state index in [1.807, 2.05) is 31.2 Å². The molecule has 0 bridgehead atoms. The van der Waals surface area contributed by atoms with Crippen molar-refractivity contribution in [3.63, 3.8) is 0 Å². The summed E-state index contributed by atoms with van der Waals surface area (Å²) in [5.74, 6) is -0.399. The van der Waals surface area contributed by atoms with Crippen molar-refractivity contribution in [2.45, 2.75) is 26.4 Å². The molecule has 1 aromatic heterocycles. The highest BCUT2D eigenvalue weighted by molar-refractivity contribution is 6.30. The molecular weight excluding hydrogens is 366 g/mol. The fraction of sp³-hybridized carbons (Fsp3) is 0.238. The number of fused-ring (bicyclic) bond motifs is 1. The molecule has 0 unspecified atom stereocenters. The van der Waals surface area contributed by atoms with E-state index in [2.05, 4.69) is 4.98 Å². The van der Waals surface area contributed by atoms with Crippen LogP contribution in [-0.2, 0) is 9.53 Å². The lowest BCUT2D eigenvalue weighted by Crippen LogP contribution is -2.40. The van der Waals surface area contributed by atoms with Crippen molar-refractivity contribution in [2.24, 2.45) is 0 Å². The Kier molecular flexibility index (Phi) is 5.24. The quantitative estimate of drug-likeness (QED) is 0.492. The SMILES string of the molecule is Cc1[nH]c2ccccc2c1C(=O)COC(=O)C(C)(C)Oc1ccc(Cl)cc1. The Hall–Kier alpha value is -2.79. The summed E-state index contributed by atoms with van der Waals surface area (Å²) in [5, 5.41) is 1.38. The van der Waals surface area contributed by atoms with Crippen LogP contribution in [0.15, 0.2) is 48.5 Å². The Balaban J connectivity index is 1.67. The van der Waals surface area contributed by atoms with Crippen LogP contribution in [-0.4, -0.2) is 28.9 Å². The smallest absolute Gasteiger partial charge is 0.350 e. The zero-order chi connectivity index (χ0) is 19.6. The normalized spacial score (nSPS) is 11.4. The number of rotatable bonds is 6. The van der Waals surface area contributed by atoms with Crippen LogP contribution in [0.4, 0.5) is 0 Å². The first-order chi connectivity index (χ1) is 12.8. The Bertz CT molecular complexity index is 989. The van der Waals surface area contributed by atoms with Gasteiger partial charge in [0.1, 0.15) is 5.75 Å². The van der Waals surface area contributed by atoms with E-state index in [4.69, 9.17) is 21.1 Å². The van der Waals surface area contributed by atoms with Gasteiger partial charge in [0.2, 0.25) is 5.78 Å². The number of halogens is 1. The summed E-state index contributed by atoms with van der Waals surface area (Å²) >= 11 is 5.85. The molecular formula is C21H20ClNO4. The van der Waals surface area contributed by atoms with Crippen LogP contribution in [0.3, 0.4) is 0 Å². The van der Waals surface area contributed by atoms with Gasteiger partial charge < -0.3 is 14.5 Å². The number of H-pyrrole nitrogens is 1. The lowest BCUT2D eigenvalue weighted by molar-refractivity contribution is -0.158. The van der Waals surface area contributed by atoms with Crippen LogP contribution in [0.25, 0.3) is 10.9 Å².